The van der Waals surface area contributed by atoms with E-state index in [2.05, 4.69) is 10.6 Å². The number of halogens is 4. The van der Waals surface area contributed by atoms with Crippen molar-refractivity contribution in [2.75, 3.05) is 10.6 Å². The molecule has 0 aliphatic carbocycles. The largest absolute Gasteiger partial charge is 0.323 e. The van der Waals surface area contributed by atoms with Crippen LogP contribution in [0.4, 0.5) is 16.2 Å². The number of carbonyl (C=O) groups excluding carboxylic acids is 2. The number of anilines is 2. The molecular weight excluding hydrogens is 442 g/mol. The van der Waals surface area contributed by atoms with Crippen molar-refractivity contribution in [2.45, 2.75) is 0 Å². The molecule has 4 nitrogen and oxygen atoms in total. The van der Waals surface area contributed by atoms with Gasteiger partial charge in [-0.05, 0) is 30.3 Å². The van der Waals surface area contributed by atoms with Gasteiger partial charge in [0.25, 0.3) is 0 Å². The lowest BCUT2D eigenvalue weighted by Gasteiger charge is -2.13. The molecule has 0 saturated carbocycles. The zero-order valence-electron chi connectivity index (χ0n) is 14.1. The molecule has 0 unspecified atom stereocenters. The topological polar surface area (TPSA) is 58.2 Å². The molecule has 28 heavy (non-hydrogen) atoms. The third-order valence-corrected chi connectivity index (χ3v) is 5.04. The van der Waals surface area contributed by atoms with Crippen molar-refractivity contribution in [3.8, 4) is 0 Å². The summed E-state index contributed by atoms with van der Waals surface area (Å²) in [5.41, 5.74) is 1.31. The van der Waals surface area contributed by atoms with E-state index in [4.69, 9.17) is 46.4 Å². The Labute approximate surface area is 181 Å². The van der Waals surface area contributed by atoms with Gasteiger partial charge in [-0.25, -0.2) is 4.79 Å². The van der Waals surface area contributed by atoms with Gasteiger partial charge in [0.1, 0.15) is 0 Å². The van der Waals surface area contributed by atoms with Gasteiger partial charge in [-0.3, -0.25) is 4.79 Å². The molecule has 0 bridgehead atoms. The second kappa shape index (κ2) is 8.84. The molecule has 0 aromatic heterocycles. The van der Waals surface area contributed by atoms with Crippen LogP contribution in [0.5, 0.6) is 0 Å². The number of hydrogen-bond acceptors (Lipinski definition) is 2. The predicted molar refractivity (Wildman–Crippen MR) is 115 cm³/mol. The van der Waals surface area contributed by atoms with Crippen LogP contribution in [-0.2, 0) is 0 Å². The van der Waals surface area contributed by atoms with Gasteiger partial charge in [0.2, 0.25) is 0 Å². The molecule has 0 aliphatic rings. The Balaban J connectivity index is 1.85. The summed E-state index contributed by atoms with van der Waals surface area (Å²) in [5, 5.41) is 6.32. The second-order valence-corrected chi connectivity index (χ2v) is 7.37. The van der Waals surface area contributed by atoms with Gasteiger partial charge >= 0.3 is 6.03 Å². The van der Waals surface area contributed by atoms with Crippen molar-refractivity contribution >= 4 is 69.6 Å². The summed E-state index contributed by atoms with van der Waals surface area (Å²) in [4.78, 5) is 25.2. The Kier molecular flexibility index (Phi) is 6.47. The van der Waals surface area contributed by atoms with Crippen LogP contribution in [0, 0.1) is 0 Å². The summed E-state index contributed by atoms with van der Waals surface area (Å²) in [6.45, 7) is 0. The normalized spacial score (nSPS) is 10.4. The summed E-state index contributed by atoms with van der Waals surface area (Å²) in [7, 11) is 0. The summed E-state index contributed by atoms with van der Waals surface area (Å²) >= 11 is 24.0. The lowest BCUT2D eigenvalue weighted by molar-refractivity contribution is 0.103. The van der Waals surface area contributed by atoms with Crippen LogP contribution in [0.15, 0.2) is 60.7 Å². The van der Waals surface area contributed by atoms with Crippen molar-refractivity contribution in [1.82, 2.24) is 0 Å². The third kappa shape index (κ3) is 4.78. The van der Waals surface area contributed by atoms with Gasteiger partial charge in [0.05, 0.1) is 26.4 Å². The first kappa shape index (κ1) is 20.5. The molecule has 8 heteroatoms. The van der Waals surface area contributed by atoms with E-state index in [9.17, 15) is 9.59 Å². The van der Waals surface area contributed by atoms with Gasteiger partial charge in [-0.1, -0.05) is 76.7 Å². The highest BCUT2D eigenvalue weighted by Crippen LogP contribution is 2.32. The summed E-state index contributed by atoms with van der Waals surface area (Å²) in [5.74, 6) is -0.272. The maximum Gasteiger partial charge on any atom is 0.323 e. The number of carbonyl (C=O) groups is 2. The quantitative estimate of drug-likeness (QED) is 0.324. The van der Waals surface area contributed by atoms with Crippen LogP contribution in [0.2, 0.25) is 20.1 Å². The minimum atomic E-state index is -0.607. The fraction of sp³-hybridized carbons (Fsp3) is 0. The van der Waals surface area contributed by atoms with Crippen molar-refractivity contribution in [3.05, 3.63) is 91.9 Å². The van der Waals surface area contributed by atoms with Gasteiger partial charge in [-0.15, -0.1) is 0 Å². The smallest absolute Gasteiger partial charge is 0.307 e. The van der Waals surface area contributed by atoms with E-state index in [-0.39, 0.29) is 32.1 Å². The number of amides is 2. The van der Waals surface area contributed by atoms with Crippen LogP contribution >= 0.6 is 46.4 Å². The SMILES string of the molecule is O=C(Nc1cc(Cl)c(Cl)cc1Cl)Nc1ccc(Cl)cc1C(=O)c1ccccc1. The first-order valence-electron chi connectivity index (χ1n) is 7.97. The van der Waals surface area contributed by atoms with Gasteiger partial charge < -0.3 is 10.6 Å². The molecular formula is C20H12Cl4N2O2. The van der Waals surface area contributed by atoms with Crippen molar-refractivity contribution < 1.29 is 9.59 Å². The summed E-state index contributed by atoms with van der Waals surface area (Å²) in [6, 6.07) is 15.6. The molecule has 3 aromatic carbocycles. The van der Waals surface area contributed by atoms with Crippen LogP contribution in [0.1, 0.15) is 15.9 Å². The highest BCUT2D eigenvalue weighted by atomic mass is 35.5. The lowest BCUT2D eigenvalue weighted by Crippen LogP contribution is -2.21. The molecule has 0 saturated heterocycles. The molecule has 0 spiro atoms. The number of hydrogen-bond donors (Lipinski definition) is 2. The van der Waals surface area contributed by atoms with E-state index in [1.807, 2.05) is 6.07 Å². The van der Waals surface area contributed by atoms with Crippen LogP contribution in [0.3, 0.4) is 0 Å². The fourth-order valence-corrected chi connectivity index (χ4v) is 3.22. The van der Waals surface area contributed by atoms with Crippen molar-refractivity contribution in [1.29, 1.82) is 0 Å². The lowest BCUT2D eigenvalue weighted by atomic mass is 10.0. The fourth-order valence-electron chi connectivity index (χ4n) is 2.45. The maximum absolute atomic E-state index is 12.8. The Morgan fingerprint density at radius 1 is 0.679 bits per heavy atom. The van der Waals surface area contributed by atoms with Crippen LogP contribution < -0.4 is 10.6 Å². The number of rotatable bonds is 4. The Bertz CT molecular complexity index is 1060. The van der Waals surface area contributed by atoms with E-state index < -0.39 is 6.03 Å². The number of ketones is 1. The first-order chi connectivity index (χ1) is 13.3. The van der Waals surface area contributed by atoms with E-state index >= 15 is 0 Å². The monoisotopic (exact) mass is 452 g/mol. The molecule has 2 amide bonds. The average molecular weight is 454 g/mol. The predicted octanol–water partition coefficient (Wildman–Crippen LogP) is 7.18. The third-order valence-electron chi connectivity index (χ3n) is 3.77. The van der Waals surface area contributed by atoms with Gasteiger partial charge in [0.15, 0.2) is 5.78 Å². The molecule has 0 radical (unpaired) electrons. The van der Waals surface area contributed by atoms with E-state index in [1.54, 1.807) is 36.4 Å². The van der Waals surface area contributed by atoms with Crippen molar-refractivity contribution in [2.24, 2.45) is 0 Å². The van der Waals surface area contributed by atoms with Gasteiger partial charge in [0, 0.05) is 16.1 Å². The van der Waals surface area contributed by atoms with Crippen LogP contribution in [0.25, 0.3) is 0 Å². The van der Waals surface area contributed by atoms with E-state index in [1.165, 1.54) is 18.2 Å². The highest BCUT2D eigenvalue weighted by molar-refractivity contribution is 6.44. The molecule has 0 fully saturated rings. The first-order valence-corrected chi connectivity index (χ1v) is 9.48. The second-order valence-electron chi connectivity index (χ2n) is 5.71. The molecule has 0 aliphatic heterocycles. The molecule has 0 atom stereocenters. The van der Waals surface area contributed by atoms with Crippen molar-refractivity contribution in [3.63, 3.8) is 0 Å². The average Bonchev–Trinajstić information content (AvgIpc) is 2.67. The minimum absolute atomic E-state index is 0.223. The Morgan fingerprint density at radius 3 is 2.04 bits per heavy atom. The zero-order valence-corrected chi connectivity index (χ0v) is 17.1. The Hall–Kier alpha value is -2.24. The number of nitrogens with one attached hydrogen (secondary N) is 2. The zero-order chi connectivity index (χ0) is 20.3. The van der Waals surface area contributed by atoms with Crippen LogP contribution in [-0.4, -0.2) is 11.8 Å². The number of benzene rings is 3. The molecule has 2 N–H and O–H groups in total. The summed E-state index contributed by atoms with van der Waals surface area (Å²) < 4.78 is 0. The maximum atomic E-state index is 12.8. The molecule has 3 aromatic rings. The van der Waals surface area contributed by atoms with E-state index in [0.717, 1.165) is 0 Å². The van der Waals surface area contributed by atoms with E-state index in [0.29, 0.717) is 16.3 Å². The Morgan fingerprint density at radius 2 is 1.32 bits per heavy atom. The molecule has 142 valence electrons. The highest BCUT2D eigenvalue weighted by Gasteiger charge is 2.17. The standard InChI is InChI=1S/C20H12Cl4N2O2/c21-12-6-7-17(13(8-12)19(27)11-4-2-1-3-5-11)25-20(28)26-18-10-15(23)14(22)9-16(18)24/h1-10H,(H2,25,26,28). The molecule has 0 heterocycles. The molecule has 3 rings (SSSR count). The van der Waals surface area contributed by atoms with Gasteiger partial charge in [-0.2, -0.15) is 0 Å². The summed E-state index contributed by atoms with van der Waals surface area (Å²) in [6.07, 6.45) is 0. The number of urea groups is 1. The minimum Gasteiger partial charge on any atom is -0.307 e.